The number of amides is 3. The lowest BCUT2D eigenvalue weighted by Gasteiger charge is -2.27. The van der Waals surface area contributed by atoms with Crippen molar-refractivity contribution in [3.8, 4) is 0 Å². The minimum Gasteiger partial charge on any atom is -0.354 e. The average molecular weight is 280 g/mol. The minimum atomic E-state index is -0.118. The van der Waals surface area contributed by atoms with Gasteiger partial charge in [0.15, 0.2) is 0 Å². The smallest absolute Gasteiger partial charge is 0.323 e. The maximum atomic E-state index is 12.4. The summed E-state index contributed by atoms with van der Waals surface area (Å²) in [5.74, 6) is 0.0404. The van der Waals surface area contributed by atoms with Crippen LogP contribution in [0.4, 0.5) is 9.80 Å². The third kappa shape index (κ3) is 2.42. The maximum absolute atomic E-state index is 12.4. The van der Waals surface area contributed by atoms with Crippen LogP contribution in [0.1, 0.15) is 25.0 Å². The molecule has 0 aliphatic carbocycles. The van der Waals surface area contributed by atoms with Crippen molar-refractivity contribution in [3.05, 3.63) is 11.8 Å². The molecule has 2 unspecified atom stereocenters. The number of carbonyl (C=O) groups excluding carboxylic acids is 2. The van der Waals surface area contributed by atoms with Gasteiger partial charge < -0.3 is 10.2 Å². The number of fused-ring (bicyclic) bond motifs is 2. The first-order valence-electron chi connectivity index (χ1n) is 6.43. The molecule has 2 saturated heterocycles. The van der Waals surface area contributed by atoms with Crippen LogP contribution in [0.3, 0.4) is 0 Å². The number of aryl methyl sites for hydroxylation is 1. The van der Waals surface area contributed by atoms with Gasteiger partial charge in [0.25, 0.3) is 0 Å². The van der Waals surface area contributed by atoms with Gasteiger partial charge in [-0.1, -0.05) is 0 Å². The van der Waals surface area contributed by atoms with Crippen LogP contribution in [-0.4, -0.2) is 39.8 Å². The van der Waals surface area contributed by atoms with Crippen molar-refractivity contribution in [1.29, 1.82) is 0 Å². The highest BCUT2D eigenvalue weighted by Crippen LogP contribution is 2.29. The third-order valence-electron chi connectivity index (χ3n) is 3.67. The predicted octanol–water partition coefficient (Wildman–Crippen LogP) is 1.34. The van der Waals surface area contributed by atoms with E-state index in [1.165, 1.54) is 11.5 Å². The van der Waals surface area contributed by atoms with Crippen LogP contribution in [-0.2, 0) is 4.79 Å². The Morgan fingerprint density at radius 3 is 3.05 bits per heavy atom. The van der Waals surface area contributed by atoms with Crippen LogP contribution in [0, 0.1) is 6.92 Å². The molecule has 2 aliphatic rings. The number of nitrogens with zero attached hydrogens (tertiary/aromatic N) is 2. The predicted molar refractivity (Wildman–Crippen MR) is 72.1 cm³/mol. The van der Waals surface area contributed by atoms with E-state index in [4.69, 9.17) is 0 Å². The van der Waals surface area contributed by atoms with Crippen molar-refractivity contribution < 1.29 is 9.59 Å². The van der Waals surface area contributed by atoms with E-state index in [9.17, 15) is 9.59 Å². The Bertz CT molecular complexity index is 516. The highest BCUT2D eigenvalue weighted by atomic mass is 32.1. The molecule has 102 valence electrons. The number of hydrogen-bond acceptors (Lipinski definition) is 4. The van der Waals surface area contributed by atoms with Crippen molar-refractivity contribution in [2.45, 2.75) is 38.3 Å². The van der Waals surface area contributed by atoms with Crippen molar-refractivity contribution >= 4 is 28.5 Å². The molecule has 2 aliphatic heterocycles. The standard InChI is InChI=1S/C12H16N4O2S/c1-7-4-11(19-15-7)14-12(18)16-8-2-3-9(16)6-13-10(17)5-8/h4,8-9H,2-3,5-6H2,1H3,(H,13,17)(H,14,18). The lowest BCUT2D eigenvalue weighted by molar-refractivity contribution is -0.121. The largest absolute Gasteiger partial charge is 0.354 e. The topological polar surface area (TPSA) is 74.3 Å². The summed E-state index contributed by atoms with van der Waals surface area (Å²) < 4.78 is 4.14. The van der Waals surface area contributed by atoms with Gasteiger partial charge in [-0.25, -0.2) is 4.79 Å². The molecule has 2 N–H and O–H groups in total. The highest BCUT2D eigenvalue weighted by molar-refractivity contribution is 7.10. The van der Waals surface area contributed by atoms with E-state index < -0.39 is 0 Å². The third-order valence-corrected chi connectivity index (χ3v) is 4.46. The quantitative estimate of drug-likeness (QED) is 0.815. The molecular formula is C12H16N4O2S. The number of hydrogen-bond donors (Lipinski definition) is 2. The molecule has 0 spiro atoms. The Kier molecular flexibility index (Phi) is 3.14. The van der Waals surface area contributed by atoms with Crippen molar-refractivity contribution in [1.82, 2.24) is 14.6 Å². The van der Waals surface area contributed by atoms with Crippen LogP contribution in [0.15, 0.2) is 6.07 Å². The fraction of sp³-hybridized carbons (Fsp3) is 0.583. The molecule has 1 aromatic heterocycles. The first-order valence-corrected chi connectivity index (χ1v) is 7.20. The van der Waals surface area contributed by atoms with E-state index in [0.29, 0.717) is 13.0 Å². The number of carbonyl (C=O) groups is 2. The number of nitrogens with one attached hydrogen (secondary N) is 2. The zero-order chi connectivity index (χ0) is 13.4. The van der Waals surface area contributed by atoms with Crippen molar-refractivity contribution in [2.75, 3.05) is 11.9 Å². The molecule has 2 atom stereocenters. The second kappa shape index (κ2) is 4.80. The van der Waals surface area contributed by atoms with E-state index in [-0.39, 0.29) is 24.0 Å². The van der Waals surface area contributed by atoms with Gasteiger partial charge in [-0.05, 0) is 37.4 Å². The van der Waals surface area contributed by atoms with E-state index in [0.717, 1.165) is 23.5 Å². The van der Waals surface area contributed by atoms with Gasteiger partial charge in [0, 0.05) is 19.0 Å². The first kappa shape index (κ1) is 12.4. The normalized spacial score (nSPS) is 25.9. The summed E-state index contributed by atoms with van der Waals surface area (Å²) in [5.41, 5.74) is 0.899. The fourth-order valence-corrected chi connectivity index (χ4v) is 3.46. The SMILES string of the molecule is Cc1cc(NC(=O)N2C3CCC2CC(=O)NC3)sn1. The van der Waals surface area contributed by atoms with Gasteiger partial charge in [0.05, 0.1) is 11.7 Å². The van der Waals surface area contributed by atoms with E-state index >= 15 is 0 Å². The second-order valence-corrected chi connectivity index (χ2v) is 5.87. The fourth-order valence-electron chi connectivity index (χ4n) is 2.80. The summed E-state index contributed by atoms with van der Waals surface area (Å²) in [6, 6.07) is 1.88. The molecule has 0 radical (unpaired) electrons. The lowest BCUT2D eigenvalue weighted by atomic mass is 10.1. The van der Waals surface area contributed by atoms with Crippen LogP contribution < -0.4 is 10.6 Å². The Morgan fingerprint density at radius 2 is 2.32 bits per heavy atom. The summed E-state index contributed by atoms with van der Waals surface area (Å²) in [7, 11) is 0. The zero-order valence-corrected chi connectivity index (χ0v) is 11.5. The zero-order valence-electron chi connectivity index (χ0n) is 10.7. The lowest BCUT2D eigenvalue weighted by Crippen LogP contribution is -2.44. The first-order chi connectivity index (χ1) is 9.13. The van der Waals surface area contributed by atoms with Crippen molar-refractivity contribution in [2.24, 2.45) is 0 Å². The molecule has 2 fully saturated rings. The van der Waals surface area contributed by atoms with Gasteiger partial charge in [-0.3, -0.25) is 10.1 Å². The number of anilines is 1. The molecular weight excluding hydrogens is 264 g/mol. The number of urea groups is 1. The molecule has 19 heavy (non-hydrogen) atoms. The Labute approximate surface area is 115 Å². The average Bonchev–Trinajstić information content (AvgIpc) is 2.87. The number of rotatable bonds is 1. The van der Waals surface area contributed by atoms with Gasteiger partial charge in [0.1, 0.15) is 5.00 Å². The second-order valence-electron chi connectivity index (χ2n) is 5.06. The summed E-state index contributed by atoms with van der Waals surface area (Å²) in [6.45, 7) is 2.45. The number of aromatic nitrogens is 1. The molecule has 2 bridgehead atoms. The van der Waals surface area contributed by atoms with Gasteiger partial charge in [-0.15, -0.1) is 0 Å². The molecule has 0 saturated carbocycles. The van der Waals surface area contributed by atoms with E-state index in [2.05, 4.69) is 15.0 Å². The van der Waals surface area contributed by atoms with Crippen LogP contribution >= 0.6 is 11.5 Å². The molecule has 1 aromatic rings. The molecule has 6 nitrogen and oxygen atoms in total. The molecule has 0 aromatic carbocycles. The summed E-state index contributed by atoms with van der Waals surface area (Å²) in [6.07, 6.45) is 2.28. The summed E-state index contributed by atoms with van der Waals surface area (Å²) in [4.78, 5) is 25.7. The highest BCUT2D eigenvalue weighted by Gasteiger charge is 2.40. The van der Waals surface area contributed by atoms with Gasteiger partial charge in [-0.2, -0.15) is 4.37 Å². The molecule has 7 heteroatoms. The Hall–Kier alpha value is -1.63. The van der Waals surface area contributed by atoms with Crippen LogP contribution in [0.2, 0.25) is 0 Å². The van der Waals surface area contributed by atoms with E-state index in [1.54, 1.807) is 0 Å². The molecule has 3 heterocycles. The minimum absolute atomic E-state index is 0.0292. The Morgan fingerprint density at radius 1 is 1.53 bits per heavy atom. The Balaban J connectivity index is 1.74. The molecule has 3 amide bonds. The maximum Gasteiger partial charge on any atom is 0.323 e. The van der Waals surface area contributed by atoms with E-state index in [1.807, 2.05) is 17.9 Å². The summed E-state index contributed by atoms with van der Waals surface area (Å²) in [5, 5.41) is 6.49. The van der Waals surface area contributed by atoms with Crippen LogP contribution in [0.25, 0.3) is 0 Å². The summed E-state index contributed by atoms with van der Waals surface area (Å²) >= 11 is 1.28. The van der Waals surface area contributed by atoms with Gasteiger partial charge >= 0.3 is 6.03 Å². The monoisotopic (exact) mass is 280 g/mol. The molecule has 3 rings (SSSR count). The van der Waals surface area contributed by atoms with Gasteiger partial charge in [0.2, 0.25) is 5.91 Å². The van der Waals surface area contributed by atoms with Crippen molar-refractivity contribution in [3.63, 3.8) is 0 Å². The van der Waals surface area contributed by atoms with Crippen LogP contribution in [0.5, 0.6) is 0 Å².